The minimum absolute atomic E-state index is 0.0548. The quantitative estimate of drug-likeness (QED) is 0.499. The van der Waals surface area contributed by atoms with Gasteiger partial charge in [-0.25, -0.2) is 4.79 Å². The third-order valence-corrected chi connectivity index (χ3v) is 2.96. The van der Waals surface area contributed by atoms with E-state index in [0.717, 1.165) is 0 Å². The van der Waals surface area contributed by atoms with Gasteiger partial charge < -0.3 is 15.2 Å². The van der Waals surface area contributed by atoms with Crippen LogP contribution in [0.3, 0.4) is 0 Å². The van der Waals surface area contributed by atoms with Gasteiger partial charge in [0.25, 0.3) is 0 Å². The summed E-state index contributed by atoms with van der Waals surface area (Å²) in [5.74, 6) is -1.19. The second kappa shape index (κ2) is 4.69. The molecule has 1 rings (SSSR count). The van der Waals surface area contributed by atoms with E-state index in [9.17, 15) is 19.6 Å². The first-order chi connectivity index (χ1) is 7.82. The molecule has 0 bridgehead atoms. The van der Waals surface area contributed by atoms with Crippen molar-refractivity contribution in [3.63, 3.8) is 0 Å². The van der Waals surface area contributed by atoms with Crippen LogP contribution in [-0.2, 0) is 0 Å². The summed E-state index contributed by atoms with van der Waals surface area (Å²) in [5.41, 5.74) is 1.22. The van der Waals surface area contributed by atoms with Crippen LogP contribution in [-0.4, -0.2) is 34.5 Å². The molecule has 1 aromatic carbocycles. The van der Waals surface area contributed by atoms with Gasteiger partial charge in [-0.3, -0.25) is 4.79 Å². The number of carbonyl (C=O) groups excluding carboxylic acids is 1. The molecule has 0 unspecified atom stereocenters. The predicted molar refractivity (Wildman–Crippen MR) is 62.8 cm³/mol. The van der Waals surface area contributed by atoms with Crippen LogP contribution < -0.4 is 5.46 Å². The fraction of sp³-hybridized carbons (Fsp3) is 0.273. The fourth-order valence-corrected chi connectivity index (χ4v) is 2.14. The Balaban J connectivity index is 3.82. The van der Waals surface area contributed by atoms with Crippen LogP contribution in [0.15, 0.2) is 0 Å². The van der Waals surface area contributed by atoms with Gasteiger partial charge in [-0.2, -0.15) is 0 Å². The number of aromatic carboxylic acids is 1. The zero-order valence-electron chi connectivity index (χ0n) is 9.81. The van der Waals surface area contributed by atoms with Crippen molar-refractivity contribution < 1.29 is 24.7 Å². The third kappa shape index (κ3) is 2.09. The topological polar surface area (TPSA) is 94.8 Å². The van der Waals surface area contributed by atoms with E-state index in [1.165, 1.54) is 13.8 Å². The highest BCUT2D eigenvalue weighted by atomic mass is 16.4. The van der Waals surface area contributed by atoms with E-state index in [0.29, 0.717) is 17.4 Å². The SMILES string of the molecule is Cc1c(C=O)c(C)c(C(=O)O)c(C)c1B(O)O. The lowest BCUT2D eigenvalue weighted by molar-refractivity contribution is 0.0695. The number of aldehydes is 1. The van der Waals surface area contributed by atoms with Gasteiger partial charge >= 0.3 is 13.1 Å². The molecule has 0 saturated heterocycles. The molecule has 5 nitrogen and oxygen atoms in total. The molecule has 0 aliphatic rings. The van der Waals surface area contributed by atoms with E-state index in [1.807, 2.05) is 0 Å². The van der Waals surface area contributed by atoms with Gasteiger partial charge in [0.15, 0.2) is 6.29 Å². The molecule has 17 heavy (non-hydrogen) atoms. The number of benzene rings is 1. The Kier molecular flexibility index (Phi) is 3.70. The van der Waals surface area contributed by atoms with E-state index in [-0.39, 0.29) is 22.2 Å². The summed E-state index contributed by atoms with van der Waals surface area (Å²) in [7, 11) is -1.80. The Morgan fingerprint density at radius 1 is 1.12 bits per heavy atom. The Morgan fingerprint density at radius 3 is 2.00 bits per heavy atom. The molecular weight excluding hydrogens is 223 g/mol. The summed E-state index contributed by atoms with van der Waals surface area (Å²) < 4.78 is 0. The van der Waals surface area contributed by atoms with Gasteiger partial charge in [0.1, 0.15) is 0 Å². The zero-order chi connectivity index (χ0) is 13.3. The number of carboxylic acids is 1. The molecule has 3 N–H and O–H groups in total. The van der Waals surface area contributed by atoms with Crippen molar-refractivity contribution in [3.8, 4) is 0 Å². The molecule has 0 aliphatic carbocycles. The maximum Gasteiger partial charge on any atom is 0.489 e. The van der Waals surface area contributed by atoms with Crippen molar-refractivity contribution in [2.75, 3.05) is 0 Å². The molecule has 0 aliphatic heterocycles. The van der Waals surface area contributed by atoms with Crippen LogP contribution in [0.25, 0.3) is 0 Å². The van der Waals surface area contributed by atoms with Gasteiger partial charge in [0.2, 0.25) is 0 Å². The summed E-state index contributed by atoms with van der Waals surface area (Å²) in [4.78, 5) is 22.1. The van der Waals surface area contributed by atoms with Crippen molar-refractivity contribution >= 4 is 24.8 Å². The molecule has 0 saturated carbocycles. The molecule has 0 aromatic heterocycles. The van der Waals surface area contributed by atoms with Crippen molar-refractivity contribution in [1.29, 1.82) is 0 Å². The maximum atomic E-state index is 11.1. The lowest BCUT2D eigenvalue weighted by Gasteiger charge is -2.17. The standard InChI is InChI=1S/C11H13BO5/c1-5-8(4-13)6(2)10(12(16)17)7(3)9(5)11(14)15/h4,16-17H,1-3H3,(H,14,15). The highest BCUT2D eigenvalue weighted by Crippen LogP contribution is 2.19. The number of hydrogen-bond acceptors (Lipinski definition) is 4. The van der Waals surface area contributed by atoms with Crippen molar-refractivity contribution in [2.24, 2.45) is 0 Å². The van der Waals surface area contributed by atoms with Crippen molar-refractivity contribution in [2.45, 2.75) is 20.8 Å². The Bertz CT molecular complexity index is 493. The molecular formula is C11H13BO5. The van der Waals surface area contributed by atoms with E-state index < -0.39 is 13.1 Å². The highest BCUT2D eigenvalue weighted by Gasteiger charge is 2.26. The zero-order valence-corrected chi connectivity index (χ0v) is 9.81. The van der Waals surface area contributed by atoms with Crippen LogP contribution >= 0.6 is 0 Å². The fourth-order valence-electron chi connectivity index (χ4n) is 2.14. The molecule has 0 amide bonds. The Hall–Kier alpha value is -1.66. The first-order valence-electron chi connectivity index (χ1n) is 5.01. The van der Waals surface area contributed by atoms with Crippen LogP contribution in [0.2, 0.25) is 0 Å². The molecule has 0 radical (unpaired) electrons. The molecule has 6 heteroatoms. The largest absolute Gasteiger partial charge is 0.489 e. The van der Waals surface area contributed by atoms with Gasteiger partial charge in [0.05, 0.1) is 5.56 Å². The minimum Gasteiger partial charge on any atom is -0.478 e. The minimum atomic E-state index is -1.80. The summed E-state index contributed by atoms with van der Waals surface area (Å²) >= 11 is 0. The predicted octanol–water partition coefficient (Wildman–Crippen LogP) is -0.198. The van der Waals surface area contributed by atoms with Crippen LogP contribution in [0.1, 0.15) is 37.4 Å². The average Bonchev–Trinajstić information content (AvgIpc) is 2.16. The van der Waals surface area contributed by atoms with Crippen molar-refractivity contribution in [3.05, 3.63) is 27.8 Å². The highest BCUT2D eigenvalue weighted by molar-refractivity contribution is 6.60. The smallest absolute Gasteiger partial charge is 0.478 e. The molecule has 0 fully saturated rings. The summed E-state index contributed by atoms with van der Waals surface area (Å²) in [6.45, 7) is 4.58. The molecule has 90 valence electrons. The molecule has 0 heterocycles. The van der Waals surface area contributed by atoms with E-state index in [1.54, 1.807) is 6.92 Å². The Labute approximate surface area is 98.9 Å². The second-order valence-electron chi connectivity index (χ2n) is 3.87. The van der Waals surface area contributed by atoms with Gasteiger partial charge in [-0.1, -0.05) is 0 Å². The number of carboxylic acid groups (broad SMARTS) is 1. The average molecular weight is 236 g/mol. The van der Waals surface area contributed by atoms with Crippen LogP contribution in [0, 0.1) is 20.8 Å². The van der Waals surface area contributed by atoms with E-state index in [2.05, 4.69) is 0 Å². The first-order valence-corrected chi connectivity index (χ1v) is 5.01. The number of hydrogen-bond donors (Lipinski definition) is 3. The van der Waals surface area contributed by atoms with Crippen molar-refractivity contribution in [1.82, 2.24) is 0 Å². The van der Waals surface area contributed by atoms with Crippen LogP contribution in [0.4, 0.5) is 0 Å². The Morgan fingerprint density at radius 2 is 1.65 bits per heavy atom. The van der Waals surface area contributed by atoms with Gasteiger partial charge in [-0.15, -0.1) is 0 Å². The number of carbonyl (C=O) groups is 2. The molecule has 1 aromatic rings. The third-order valence-electron chi connectivity index (χ3n) is 2.96. The van der Waals surface area contributed by atoms with Crippen LogP contribution in [0.5, 0.6) is 0 Å². The molecule has 0 spiro atoms. The summed E-state index contributed by atoms with van der Waals surface area (Å²) in [6, 6.07) is 0. The lowest BCUT2D eigenvalue weighted by Crippen LogP contribution is -2.37. The van der Waals surface area contributed by atoms with E-state index in [4.69, 9.17) is 5.11 Å². The summed E-state index contributed by atoms with van der Waals surface area (Å²) in [5, 5.41) is 27.6. The molecule has 0 atom stereocenters. The van der Waals surface area contributed by atoms with Gasteiger partial charge in [0, 0.05) is 5.56 Å². The number of rotatable bonds is 3. The second-order valence-corrected chi connectivity index (χ2v) is 3.87. The maximum absolute atomic E-state index is 11.1. The van der Waals surface area contributed by atoms with Gasteiger partial charge in [-0.05, 0) is 42.9 Å². The summed E-state index contributed by atoms with van der Waals surface area (Å²) in [6.07, 6.45) is 0.530. The monoisotopic (exact) mass is 236 g/mol. The van der Waals surface area contributed by atoms with E-state index >= 15 is 0 Å². The lowest BCUT2D eigenvalue weighted by atomic mass is 9.71. The first kappa shape index (κ1) is 13.4. The normalized spacial score (nSPS) is 10.2.